The molecule has 17 nitrogen and oxygen atoms in total. The van der Waals surface area contributed by atoms with Crippen LogP contribution in [-0.4, -0.2) is 155 Å². The normalized spacial score (nSPS) is 17.1. The number of nitrogens with zero attached hydrogens (tertiary/aromatic N) is 10. The maximum atomic E-state index is 13.5. The van der Waals surface area contributed by atoms with E-state index in [0.717, 1.165) is 52.6 Å². The highest BCUT2D eigenvalue weighted by Gasteiger charge is 2.34. The number of carbonyl (C=O) groups is 3. The zero-order valence-electron chi connectivity index (χ0n) is 35.9. The number of benzene rings is 2. The van der Waals surface area contributed by atoms with E-state index >= 15 is 0 Å². The summed E-state index contributed by atoms with van der Waals surface area (Å²) in [5, 5.41) is 6.93. The van der Waals surface area contributed by atoms with Gasteiger partial charge in [-0.15, -0.1) is 10.2 Å². The molecule has 348 valence electrons. The van der Waals surface area contributed by atoms with Gasteiger partial charge >= 0.3 is 18.5 Å². The SMILES string of the molecule is NCC(=O)c1ccc(CN(C(=O)N2CCN(C3COC3)CC2)c2ccc(F)cc2)nc1.O=C(N1CCN(C2COC2)CC1)N(Cc1ccc(-c2nnc(C(F)F)o2)cn1)c1ccc(F)cc1. The molecule has 0 spiro atoms. The van der Waals surface area contributed by atoms with Gasteiger partial charge in [-0.05, 0) is 72.8 Å². The number of carbonyl (C=O) groups excluding carboxylic acids is 3. The lowest BCUT2D eigenvalue weighted by Crippen LogP contribution is -2.59. The van der Waals surface area contributed by atoms with Gasteiger partial charge < -0.3 is 29.4 Å². The highest BCUT2D eigenvalue weighted by molar-refractivity contribution is 5.97. The molecule has 5 aromatic rings. The van der Waals surface area contributed by atoms with Gasteiger partial charge in [0, 0.05) is 81.7 Å². The molecule has 4 aliphatic rings. The first-order valence-electron chi connectivity index (χ1n) is 21.6. The second-order valence-electron chi connectivity index (χ2n) is 16.1. The summed E-state index contributed by atoms with van der Waals surface area (Å²) in [6.07, 6.45) is 0.0324. The summed E-state index contributed by atoms with van der Waals surface area (Å²) >= 11 is 0. The van der Waals surface area contributed by atoms with Crippen LogP contribution < -0.4 is 15.5 Å². The number of halogens is 4. The topological polar surface area (TPSA) is 180 Å². The smallest absolute Gasteiger partial charge is 0.324 e. The van der Waals surface area contributed by atoms with Crippen LogP contribution in [-0.2, 0) is 22.6 Å². The van der Waals surface area contributed by atoms with Gasteiger partial charge in [-0.2, -0.15) is 8.78 Å². The van der Waals surface area contributed by atoms with E-state index in [0.29, 0.717) is 72.2 Å². The number of ketones is 1. The Morgan fingerprint density at radius 1 is 0.636 bits per heavy atom. The number of urea groups is 2. The van der Waals surface area contributed by atoms with E-state index in [2.05, 4.69) is 30.0 Å². The first-order valence-corrected chi connectivity index (χ1v) is 21.6. The van der Waals surface area contributed by atoms with Gasteiger partial charge in [0.2, 0.25) is 5.89 Å². The predicted octanol–water partition coefficient (Wildman–Crippen LogP) is 4.86. The van der Waals surface area contributed by atoms with Crippen molar-refractivity contribution >= 4 is 29.2 Å². The fourth-order valence-electron chi connectivity index (χ4n) is 7.76. The molecule has 0 radical (unpaired) electrons. The summed E-state index contributed by atoms with van der Waals surface area (Å²) < 4.78 is 67.9. The Labute approximate surface area is 377 Å². The molecular formula is C45H49F4N11O6. The van der Waals surface area contributed by atoms with E-state index in [4.69, 9.17) is 19.6 Å². The average molecular weight is 916 g/mol. The Morgan fingerprint density at radius 2 is 1.11 bits per heavy atom. The minimum Gasteiger partial charge on any atom is -0.415 e. The highest BCUT2D eigenvalue weighted by Crippen LogP contribution is 2.26. The maximum absolute atomic E-state index is 13.5. The van der Waals surface area contributed by atoms with Crippen LogP contribution in [0, 0.1) is 11.6 Å². The fourth-order valence-corrected chi connectivity index (χ4v) is 7.76. The van der Waals surface area contributed by atoms with Gasteiger partial charge in [0.15, 0.2) is 5.78 Å². The predicted molar refractivity (Wildman–Crippen MR) is 232 cm³/mol. The molecule has 7 heterocycles. The Bertz CT molecular complexity index is 2390. The number of anilines is 2. The lowest BCUT2D eigenvalue weighted by molar-refractivity contribution is -0.0738. The lowest BCUT2D eigenvalue weighted by atomic mass is 10.1. The molecule has 2 aromatic carbocycles. The van der Waals surface area contributed by atoms with Crippen LogP contribution in [0.5, 0.6) is 0 Å². The van der Waals surface area contributed by atoms with Crippen molar-refractivity contribution in [3.05, 3.63) is 120 Å². The second kappa shape index (κ2) is 21.3. The molecule has 4 saturated heterocycles. The van der Waals surface area contributed by atoms with Crippen LogP contribution >= 0.6 is 0 Å². The molecule has 3 aromatic heterocycles. The average Bonchev–Trinajstić information content (AvgIpc) is 3.81. The third kappa shape index (κ3) is 11.2. The number of rotatable bonds is 12. The van der Waals surface area contributed by atoms with Crippen molar-refractivity contribution in [1.29, 1.82) is 0 Å². The van der Waals surface area contributed by atoms with E-state index in [9.17, 15) is 31.9 Å². The van der Waals surface area contributed by atoms with Gasteiger partial charge in [0.05, 0.1) is 75.1 Å². The number of ether oxygens (including phenoxy) is 2. The monoisotopic (exact) mass is 915 g/mol. The number of hydrogen-bond acceptors (Lipinski definition) is 13. The third-order valence-corrected chi connectivity index (χ3v) is 11.9. The summed E-state index contributed by atoms with van der Waals surface area (Å²) in [4.78, 5) is 58.7. The number of amides is 4. The van der Waals surface area contributed by atoms with Gasteiger partial charge in [-0.1, -0.05) is 0 Å². The molecule has 4 fully saturated rings. The van der Waals surface area contributed by atoms with Crippen molar-refractivity contribution in [3.8, 4) is 11.5 Å². The molecule has 0 aliphatic carbocycles. The van der Waals surface area contributed by atoms with Crippen LogP contribution in [0.4, 0.5) is 38.5 Å². The number of Topliss-reactive ketones (excluding diaryl/α,β-unsaturated/α-hetero) is 1. The molecule has 0 atom stereocenters. The van der Waals surface area contributed by atoms with Gasteiger partial charge in [0.1, 0.15) is 11.6 Å². The van der Waals surface area contributed by atoms with E-state index < -0.39 is 18.1 Å². The van der Waals surface area contributed by atoms with Gasteiger partial charge in [-0.25, -0.2) is 18.4 Å². The minimum absolute atomic E-state index is 0.0689. The Balaban J connectivity index is 0.000000181. The summed E-state index contributed by atoms with van der Waals surface area (Å²) in [6, 6.07) is 18.7. The summed E-state index contributed by atoms with van der Waals surface area (Å²) in [5.41, 5.74) is 8.50. The zero-order chi connectivity index (χ0) is 46.2. The van der Waals surface area contributed by atoms with Crippen LogP contribution in [0.1, 0.15) is 34.1 Å². The number of piperazine rings is 2. The molecule has 4 amide bonds. The second-order valence-corrected chi connectivity index (χ2v) is 16.1. The van der Waals surface area contributed by atoms with Gasteiger partial charge in [-0.3, -0.25) is 34.4 Å². The number of hydrogen-bond donors (Lipinski definition) is 1. The minimum atomic E-state index is -2.86. The number of alkyl halides is 2. The third-order valence-electron chi connectivity index (χ3n) is 11.9. The molecule has 21 heteroatoms. The highest BCUT2D eigenvalue weighted by atomic mass is 19.3. The van der Waals surface area contributed by atoms with Crippen LogP contribution in [0.2, 0.25) is 0 Å². The first-order chi connectivity index (χ1) is 32.0. The molecule has 4 aliphatic heterocycles. The molecular weight excluding hydrogens is 867 g/mol. The van der Waals surface area contributed by atoms with E-state index in [1.165, 1.54) is 36.7 Å². The van der Waals surface area contributed by atoms with Crippen molar-refractivity contribution in [1.82, 2.24) is 39.8 Å². The van der Waals surface area contributed by atoms with E-state index in [-0.39, 0.29) is 49.2 Å². The van der Waals surface area contributed by atoms with Crippen molar-refractivity contribution < 1.29 is 45.8 Å². The first kappa shape index (κ1) is 46.2. The molecule has 9 rings (SSSR count). The molecule has 0 saturated carbocycles. The lowest BCUT2D eigenvalue weighted by Gasteiger charge is -2.43. The standard InChI is InChI=1S/C23H23F3N6O3.C22H26FN5O3/c24-16-2-5-18(6-3-16)32(23(33)31-9-7-30(8-10-31)19-13-34-14-19)12-17-4-1-15(11-27-17)21-28-29-22(35-21)20(25)26;23-17-2-5-19(6-3-17)28(13-18-4-1-16(12-25-18)21(29)11-24)22(30)27-9-7-26(8-10-27)20-14-31-15-20/h1-6,11,19-20H,7-10,12-14H2;1-6,12,20H,7-11,13-15,24H2. The molecule has 0 unspecified atom stereocenters. The quantitative estimate of drug-likeness (QED) is 0.133. The van der Waals surface area contributed by atoms with Crippen molar-refractivity contribution in [2.75, 3.05) is 95.1 Å². The Kier molecular flexibility index (Phi) is 14.9. The van der Waals surface area contributed by atoms with Crippen molar-refractivity contribution in [3.63, 3.8) is 0 Å². The Morgan fingerprint density at radius 3 is 1.47 bits per heavy atom. The van der Waals surface area contributed by atoms with Gasteiger partial charge in [0.25, 0.3) is 5.89 Å². The van der Waals surface area contributed by atoms with Crippen molar-refractivity contribution in [2.45, 2.75) is 31.6 Å². The molecule has 0 bridgehead atoms. The van der Waals surface area contributed by atoms with E-state index in [1.54, 1.807) is 63.2 Å². The molecule has 2 N–H and O–H groups in total. The van der Waals surface area contributed by atoms with Crippen molar-refractivity contribution in [2.24, 2.45) is 5.73 Å². The number of aromatic nitrogens is 4. The summed E-state index contributed by atoms with van der Waals surface area (Å²) in [6.45, 7) is 8.70. The number of pyridine rings is 2. The van der Waals surface area contributed by atoms with Crippen LogP contribution in [0.3, 0.4) is 0 Å². The Hall–Kier alpha value is -6.39. The maximum Gasteiger partial charge on any atom is 0.324 e. The summed E-state index contributed by atoms with van der Waals surface area (Å²) in [7, 11) is 0. The zero-order valence-corrected chi connectivity index (χ0v) is 35.9. The van der Waals surface area contributed by atoms with E-state index in [1.807, 2.05) is 4.90 Å². The summed E-state index contributed by atoms with van der Waals surface area (Å²) in [5.74, 6) is -1.79. The fraction of sp³-hybridized carbons (Fsp3) is 0.400. The molecule has 66 heavy (non-hydrogen) atoms. The number of nitrogens with two attached hydrogens (primary N) is 1. The largest absolute Gasteiger partial charge is 0.415 e. The van der Waals surface area contributed by atoms with Crippen LogP contribution in [0.25, 0.3) is 11.5 Å². The van der Waals surface area contributed by atoms with Crippen LogP contribution in [0.15, 0.2) is 89.6 Å².